The number of likely N-dealkylation sites (tertiary alicyclic amines) is 1. The number of aliphatic hydroxyl groups excluding tert-OH is 1. The number of rotatable bonds is 7. The van der Waals surface area contributed by atoms with Crippen LogP contribution in [0, 0.1) is 29.0 Å². The van der Waals surface area contributed by atoms with Crippen molar-refractivity contribution in [3.05, 3.63) is 65.1 Å². The highest BCUT2D eigenvalue weighted by Gasteiger charge is 2.39. The van der Waals surface area contributed by atoms with Crippen LogP contribution in [0.5, 0.6) is 5.75 Å². The third kappa shape index (κ3) is 6.66. The normalized spacial score (nSPS) is 20.3. The summed E-state index contributed by atoms with van der Waals surface area (Å²) in [6, 6.07) is 9.49. The van der Waals surface area contributed by atoms with Gasteiger partial charge in [0.05, 0.1) is 40.7 Å². The molecule has 2 aromatic carbocycles. The summed E-state index contributed by atoms with van der Waals surface area (Å²) in [5.41, 5.74) is 2.21. The number of carbonyl (C=O) groups excluding carboxylic acids is 1. The third-order valence-corrected chi connectivity index (χ3v) is 7.40. The number of nitrogens with one attached hydrogen (secondary N) is 2. The van der Waals surface area contributed by atoms with Crippen molar-refractivity contribution < 1.29 is 19.0 Å². The summed E-state index contributed by atoms with van der Waals surface area (Å²) in [5, 5.41) is 25.0. The molecular formula is C29H31ClFN5O3. The Morgan fingerprint density at radius 2 is 2.03 bits per heavy atom. The van der Waals surface area contributed by atoms with Crippen LogP contribution in [0.1, 0.15) is 25.3 Å². The van der Waals surface area contributed by atoms with E-state index in [1.54, 1.807) is 12.1 Å². The average molecular weight is 552 g/mol. The second-order valence-corrected chi connectivity index (χ2v) is 10.1. The van der Waals surface area contributed by atoms with Crippen LogP contribution in [0.25, 0.3) is 10.9 Å². The molecular weight excluding hydrogens is 521 g/mol. The van der Waals surface area contributed by atoms with Crippen molar-refractivity contribution in [3.63, 3.8) is 0 Å². The zero-order valence-corrected chi connectivity index (χ0v) is 22.6. The van der Waals surface area contributed by atoms with Gasteiger partial charge in [0.1, 0.15) is 17.6 Å². The van der Waals surface area contributed by atoms with E-state index in [9.17, 15) is 19.6 Å². The number of carbonyl (C=O) groups is 1. The van der Waals surface area contributed by atoms with E-state index in [1.165, 1.54) is 44.6 Å². The van der Waals surface area contributed by atoms with E-state index >= 15 is 0 Å². The Hall–Kier alpha value is -3.71. The van der Waals surface area contributed by atoms with Gasteiger partial charge < -0.3 is 20.5 Å². The second-order valence-electron chi connectivity index (χ2n) is 9.68. The van der Waals surface area contributed by atoms with Crippen LogP contribution < -0.4 is 15.4 Å². The molecule has 2 heterocycles. The standard InChI is InChI=1S/C18H12ClFN4O2.C11H19NO/c1-26-17-6-15-12(5-16(17)23-9-25)18(10(7-21)8-22-15)24-11-2-3-14(20)13(19)4-11;1-2-3-4-12-7-9-5-11(13)6-10(9)8-12/h2-6,8-9H,1H3,(H,22,24)(H,23,25);2-3,9-11,13H,4-8H2,1H3/b;3-2+. The average Bonchev–Trinajstić information content (AvgIpc) is 3.47. The number of fused-ring (bicyclic) bond motifs is 2. The first-order chi connectivity index (χ1) is 18.9. The Kier molecular flexibility index (Phi) is 9.36. The van der Waals surface area contributed by atoms with E-state index < -0.39 is 5.82 Å². The number of allylic oxidation sites excluding steroid dienone is 1. The van der Waals surface area contributed by atoms with Gasteiger partial charge in [0.2, 0.25) is 6.41 Å². The number of ether oxygens (including phenoxy) is 1. The molecule has 5 rings (SSSR count). The fraction of sp³-hybridized carbons (Fsp3) is 0.345. The van der Waals surface area contributed by atoms with Crippen LogP contribution in [0.3, 0.4) is 0 Å². The summed E-state index contributed by atoms with van der Waals surface area (Å²) >= 11 is 5.82. The molecule has 1 aliphatic heterocycles. The summed E-state index contributed by atoms with van der Waals surface area (Å²) in [6.07, 6.45) is 8.35. The molecule has 204 valence electrons. The number of hydrogen-bond acceptors (Lipinski definition) is 7. The molecule has 2 fully saturated rings. The van der Waals surface area contributed by atoms with Gasteiger partial charge in [-0.1, -0.05) is 23.8 Å². The predicted octanol–water partition coefficient (Wildman–Crippen LogP) is 5.48. The Balaban J connectivity index is 0.000000226. The molecule has 1 aromatic heterocycles. The molecule has 0 bridgehead atoms. The van der Waals surface area contributed by atoms with Gasteiger partial charge in [-0.15, -0.1) is 0 Å². The molecule has 1 amide bonds. The first-order valence-corrected chi connectivity index (χ1v) is 13.1. The van der Waals surface area contributed by atoms with Gasteiger partial charge in [-0.05, 0) is 55.9 Å². The van der Waals surface area contributed by atoms with Gasteiger partial charge in [0.25, 0.3) is 0 Å². The number of methoxy groups -OCH3 is 1. The number of benzene rings is 2. The molecule has 1 aliphatic carbocycles. The molecule has 39 heavy (non-hydrogen) atoms. The van der Waals surface area contributed by atoms with Gasteiger partial charge in [0, 0.05) is 43.0 Å². The number of aromatic nitrogens is 1. The van der Waals surface area contributed by atoms with E-state index in [-0.39, 0.29) is 16.7 Å². The quantitative estimate of drug-likeness (QED) is 0.263. The smallest absolute Gasteiger partial charge is 0.211 e. The lowest BCUT2D eigenvalue weighted by molar-refractivity contribution is -0.105. The number of hydrogen-bond donors (Lipinski definition) is 3. The minimum Gasteiger partial charge on any atom is -0.494 e. The van der Waals surface area contributed by atoms with Crippen molar-refractivity contribution in [3.8, 4) is 11.8 Å². The van der Waals surface area contributed by atoms with Crippen molar-refractivity contribution in [2.24, 2.45) is 11.8 Å². The summed E-state index contributed by atoms with van der Waals surface area (Å²) in [7, 11) is 1.47. The highest BCUT2D eigenvalue weighted by atomic mass is 35.5. The van der Waals surface area contributed by atoms with Gasteiger partial charge in [-0.2, -0.15) is 5.26 Å². The summed E-state index contributed by atoms with van der Waals surface area (Å²) in [6.45, 7) is 5.57. The molecule has 8 nitrogen and oxygen atoms in total. The molecule has 2 aliphatic rings. The highest BCUT2D eigenvalue weighted by molar-refractivity contribution is 6.31. The monoisotopic (exact) mass is 551 g/mol. The zero-order chi connectivity index (χ0) is 27.9. The number of halogens is 2. The highest BCUT2D eigenvalue weighted by Crippen LogP contribution is 2.38. The van der Waals surface area contributed by atoms with Crippen molar-refractivity contribution >= 4 is 46.0 Å². The topological polar surface area (TPSA) is 111 Å². The van der Waals surface area contributed by atoms with Crippen LogP contribution >= 0.6 is 11.6 Å². The Labute approximate surface area is 232 Å². The van der Waals surface area contributed by atoms with Crippen LogP contribution in [0.4, 0.5) is 21.5 Å². The summed E-state index contributed by atoms with van der Waals surface area (Å²) in [5.74, 6) is 1.44. The fourth-order valence-electron chi connectivity index (χ4n) is 5.27. The number of amides is 1. The van der Waals surface area contributed by atoms with Gasteiger partial charge in [-0.3, -0.25) is 14.7 Å². The van der Waals surface area contributed by atoms with Gasteiger partial charge in [-0.25, -0.2) is 4.39 Å². The predicted molar refractivity (Wildman–Crippen MR) is 151 cm³/mol. The Morgan fingerprint density at radius 1 is 1.28 bits per heavy atom. The third-order valence-electron chi connectivity index (χ3n) is 7.11. The molecule has 1 saturated heterocycles. The minimum atomic E-state index is -0.542. The molecule has 3 aromatic rings. The maximum absolute atomic E-state index is 13.4. The largest absolute Gasteiger partial charge is 0.494 e. The van der Waals surface area contributed by atoms with E-state index in [1.807, 2.05) is 0 Å². The van der Waals surface area contributed by atoms with E-state index in [2.05, 4.69) is 45.7 Å². The van der Waals surface area contributed by atoms with Crippen molar-refractivity contribution in [2.75, 3.05) is 37.4 Å². The van der Waals surface area contributed by atoms with Crippen LogP contribution in [-0.2, 0) is 4.79 Å². The molecule has 3 N–H and O–H groups in total. The SMILES string of the molecule is C/C=C/CN1CC2CC(O)CC2C1.COc1cc2ncc(C#N)c(Nc3ccc(F)c(Cl)c3)c2cc1NC=O. The van der Waals surface area contributed by atoms with Crippen molar-refractivity contribution in [2.45, 2.75) is 25.9 Å². The van der Waals surface area contributed by atoms with Crippen LogP contribution in [0.2, 0.25) is 5.02 Å². The maximum Gasteiger partial charge on any atom is 0.211 e. The van der Waals surface area contributed by atoms with Crippen molar-refractivity contribution in [1.29, 1.82) is 5.26 Å². The maximum atomic E-state index is 13.4. The number of nitrogens with zero attached hydrogens (tertiary/aromatic N) is 3. The summed E-state index contributed by atoms with van der Waals surface area (Å²) in [4.78, 5) is 17.6. The first-order valence-electron chi connectivity index (χ1n) is 12.7. The lowest BCUT2D eigenvalue weighted by Crippen LogP contribution is -2.23. The molecule has 2 unspecified atom stereocenters. The van der Waals surface area contributed by atoms with E-state index in [0.717, 1.165) is 31.2 Å². The van der Waals surface area contributed by atoms with Crippen LogP contribution in [0.15, 0.2) is 48.7 Å². The zero-order valence-electron chi connectivity index (χ0n) is 21.8. The lowest BCUT2D eigenvalue weighted by atomic mass is 10.0. The van der Waals surface area contributed by atoms with Crippen LogP contribution in [-0.4, -0.2) is 54.2 Å². The second kappa shape index (κ2) is 12.9. The van der Waals surface area contributed by atoms with E-state index in [0.29, 0.717) is 40.1 Å². The summed E-state index contributed by atoms with van der Waals surface area (Å²) < 4.78 is 18.6. The number of anilines is 3. The van der Waals surface area contributed by atoms with E-state index in [4.69, 9.17) is 16.3 Å². The first kappa shape index (κ1) is 28.3. The van der Waals surface area contributed by atoms with Crippen molar-refractivity contribution in [1.82, 2.24) is 9.88 Å². The number of aliphatic hydroxyl groups is 1. The van der Waals surface area contributed by atoms with Gasteiger partial charge >= 0.3 is 0 Å². The lowest BCUT2D eigenvalue weighted by Gasteiger charge is -2.14. The molecule has 0 radical (unpaired) electrons. The number of pyridine rings is 1. The number of nitriles is 1. The van der Waals surface area contributed by atoms with Gasteiger partial charge in [0.15, 0.2) is 0 Å². The Morgan fingerprint density at radius 3 is 2.64 bits per heavy atom. The molecule has 2 atom stereocenters. The minimum absolute atomic E-state index is 0.00105. The molecule has 0 spiro atoms. The molecule has 10 heteroatoms. The fourth-order valence-corrected chi connectivity index (χ4v) is 5.45. The Bertz CT molecular complexity index is 1400. The molecule has 1 saturated carbocycles.